The zero-order valence-corrected chi connectivity index (χ0v) is 24.5. The largest absolute Gasteiger partial charge is 0.445 e. The van der Waals surface area contributed by atoms with Crippen LogP contribution >= 0.6 is 0 Å². The molecule has 1 fully saturated rings. The SMILES string of the molecule is CS(=O)(=O)OCc1ccc(-c2ccc(C[C@@H]3C[C@@H](OS(C)(=O)=O)CN3C(=O)OCc3ccc([N+](=O)[O-])cc3)cc2)cc1. The van der Waals surface area contributed by atoms with Crippen LogP contribution in [0.15, 0.2) is 72.8 Å². The van der Waals surface area contributed by atoms with Crippen molar-refractivity contribution in [3.8, 4) is 11.1 Å². The van der Waals surface area contributed by atoms with Gasteiger partial charge in [0.2, 0.25) is 0 Å². The Morgan fingerprint density at radius 1 is 0.833 bits per heavy atom. The highest BCUT2D eigenvalue weighted by Crippen LogP contribution is 2.27. The van der Waals surface area contributed by atoms with E-state index in [9.17, 15) is 31.7 Å². The zero-order valence-electron chi connectivity index (χ0n) is 22.9. The Kier molecular flexibility index (Phi) is 9.61. The standard InChI is InChI=1S/C28H30N2O10S2/c1-41(34,35)39-19-22-5-11-24(12-6-22)23-9-3-20(4-10-23)15-26-16-27(40-42(2,36)37)17-29(26)28(31)38-18-21-7-13-25(14-8-21)30(32)33/h3-14,26-27H,15-19H2,1-2H3/t26-,27-/m1/s1. The third-order valence-corrected chi connectivity index (χ3v) is 7.75. The molecular weight excluding hydrogens is 588 g/mol. The van der Waals surface area contributed by atoms with Crippen LogP contribution in [-0.2, 0) is 53.0 Å². The third-order valence-electron chi connectivity index (χ3n) is 6.58. The molecule has 0 spiro atoms. The molecule has 14 heteroatoms. The van der Waals surface area contributed by atoms with Gasteiger partial charge in [-0.1, -0.05) is 48.5 Å². The number of nitro groups is 1. The summed E-state index contributed by atoms with van der Waals surface area (Å²) in [5.41, 5.74) is 3.97. The predicted octanol–water partition coefficient (Wildman–Crippen LogP) is 4.04. The first-order chi connectivity index (χ1) is 19.8. The van der Waals surface area contributed by atoms with E-state index >= 15 is 0 Å². The van der Waals surface area contributed by atoms with E-state index in [1.165, 1.54) is 29.2 Å². The molecule has 4 rings (SSSR count). The molecule has 0 unspecified atom stereocenters. The minimum atomic E-state index is -3.74. The molecule has 1 heterocycles. The van der Waals surface area contributed by atoms with E-state index in [4.69, 9.17) is 13.1 Å². The Labute approximate surface area is 244 Å². The van der Waals surface area contributed by atoms with Gasteiger partial charge in [-0.05, 0) is 52.8 Å². The van der Waals surface area contributed by atoms with Crippen molar-refractivity contribution in [1.29, 1.82) is 0 Å². The summed E-state index contributed by atoms with van der Waals surface area (Å²) in [5.74, 6) is 0. The Morgan fingerprint density at radius 3 is 1.88 bits per heavy atom. The van der Waals surface area contributed by atoms with E-state index in [0.717, 1.165) is 29.2 Å². The zero-order chi connectivity index (χ0) is 30.5. The van der Waals surface area contributed by atoms with Crippen LogP contribution in [0.25, 0.3) is 11.1 Å². The Bertz CT molecular complexity index is 1620. The number of nitro benzene ring substituents is 1. The number of hydrogen-bond acceptors (Lipinski definition) is 10. The van der Waals surface area contributed by atoms with Crippen molar-refractivity contribution in [2.24, 2.45) is 0 Å². The van der Waals surface area contributed by atoms with E-state index in [1.807, 2.05) is 36.4 Å². The second-order valence-corrected chi connectivity index (χ2v) is 13.3. The number of carbonyl (C=O) groups is 1. The van der Waals surface area contributed by atoms with Crippen molar-refractivity contribution in [3.05, 3.63) is 99.6 Å². The van der Waals surface area contributed by atoms with Crippen molar-refractivity contribution in [1.82, 2.24) is 4.90 Å². The summed E-state index contributed by atoms with van der Waals surface area (Å²) in [4.78, 5) is 24.8. The highest BCUT2D eigenvalue weighted by atomic mass is 32.2. The van der Waals surface area contributed by atoms with Gasteiger partial charge in [0.05, 0.1) is 36.7 Å². The van der Waals surface area contributed by atoms with Crippen LogP contribution in [0, 0.1) is 10.1 Å². The number of ether oxygens (including phenoxy) is 1. The fourth-order valence-electron chi connectivity index (χ4n) is 4.62. The van der Waals surface area contributed by atoms with Gasteiger partial charge in [-0.15, -0.1) is 0 Å². The number of carbonyl (C=O) groups excluding carboxylic acids is 1. The average Bonchev–Trinajstić information content (AvgIpc) is 3.31. The molecule has 2 atom stereocenters. The molecule has 0 aliphatic carbocycles. The molecule has 1 aliphatic rings. The summed E-state index contributed by atoms with van der Waals surface area (Å²) < 4.78 is 61.4. The molecule has 42 heavy (non-hydrogen) atoms. The van der Waals surface area contributed by atoms with Gasteiger partial charge >= 0.3 is 6.09 Å². The average molecular weight is 619 g/mol. The number of non-ortho nitro benzene ring substituents is 1. The summed E-state index contributed by atoms with van der Waals surface area (Å²) in [6.07, 6.45) is 1.31. The fraction of sp³-hybridized carbons (Fsp3) is 0.321. The molecule has 0 saturated carbocycles. The van der Waals surface area contributed by atoms with Gasteiger partial charge in [0.15, 0.2) is 0 Å². The van der Waals surface area contributed by atoms with Gasteiger partial charge in [-0.3, -0.25) is 18.5 Å². The first kappa shape index (κ1) is 31.1. The van der Waals surface area contributed by atoms with Gasteiger partial charge in [0, 0.05) is 18.2 Å². The molecule has 224 valence electrons. The molecule has 1 amide bonds. The van der Waals surface area contributed by atoms with Gasteiger partial charge in [0.25, 0.3) is 25.9 Å². The minimum absolute atomic E-state index is 0.0321. The van der Waals surface area contributed by atoms with E-state index in [-0.39, 0.29) is 31.5 Å². The van der Waals surface area contributed by atoms with Crippen molar-refractivity contribution < 1.29 is 39.7 Å². The van der Waals surface area contributed by atoms with Crippen LogP contribution in [0.5, 0.6) is 0 Å². The first-order valence-corrected chi connectivity index (χ1v) is 16.5. The van der Waals surface area contributed by atoms with E-state index in [0.29, 0.717) is 24.0 Å². The maximum absolute atomic E-state index is 13.0. The van der Waals surface area contributed by atoms with Crippen molar-refractivity contribution >= 4 is 32.0 Å². The summed E-state index contributed by atoms with van der Waals surface area (Å²) in [5, 5.41) is 10.9. The highest BCUT2D eigenvalue weighted by Gasteiger charge is 2.38. The van der Waals surface area contributed by atoms with Crippen LogP contribution in [-0.4, -0.2) is 64.0 Å². The summed E-state index contributed by atoms with van der Waals surface area (Å²) >= 11 is 0. The normalized spacial score (nSPS) is 17.2. The molecule has 1 aliphatic heterocycles. The molecule has 0 N–H and O–H groups in total. The molecule has 0 aromatic heterocycles. The fourth-order valence-corrected chi connectivity index (χ4v) is 5.61. The van der Waals surface area contributed by atoms with Crippen LogP contribution in [0.3, 0.4) is 0 Å². The quantitative estimate of drug-likeness (QED) is 0.174. The lowest BCUT2D eigenvalue weighted by Crippen LogP contribution is -2.37. The predicted molar refractivity (Wildman–Crippen MR) is 153 cm³/mol. The van der Waals surface area contributed by atoms with Crippen molar-refractivity contribution in [2.75, 3.05) is 19.1 Å². The van der Waals surface area contributed by atoms with Gasteiger partial charge in [0.1, 0.15) is 6.61 Å². The third kappa shape index (κ3) is 9.08. The van der Waals surface area contributed by atoms with Crippen molar-refractivity contribution in [2.45, 2.75) is 38.2 Å². The Hall–Kier alpha value is -3.85. The molecule has 0 bridgehead atoms. The maximum Gasteiger partial charge on any atom is 0.410 e. The molecule has 1 saturated heterocycles. The van der Waals surface area contributed by atoms with Crippen molar-refractivity contribution in [3.63, 3.8) is 0 Å². The number of hydrogen-bond donors (Lipinski definition) is 0. The Balaban J connectivity index is 1.42. The molecule has 3 aromatic rings. The number of rotatable bonds is 11. The second-order valence-electron chi connectivity index (χ2n) is 10.0. The van der Waals surface area contributed by atoms with Gasteiger partial charge in [-0.2, -0.15) is 16.8 Å². The number of nitrogens with zero attached hydrogens (tertiary/aromatic N) is 2. The molecule has 12 nitrogen and oxygen atoms in total. The van der Waals surface area contributed by atoms with Crippen LogP contribution < -0.4 is 0 Å². The summed E-state index contributed by atoms with van der Waals surface area (Å²) in [6, 6.07) is 20.2. The lowest BCUT2D eigenvalue weighted by molar-refractivity contribution is -0.384. The topological polar surface area (TPSA) is 159 Å². The summed E-state index contributed by atoms with van der Waals surface area (Å²) in [7, 11) is -7.27. The smallest absolute Gasteiger partial charge is 0.410 e. The van der Waals surface area contributed by atoms with Gasteiger partial charge < -0.3 is 9.64 Å². The van der Waals surface area contributed by atoms with E-state index in [1.54, 1.807) is 12.1 Å². The molecule has 3 aromatic carbocycles. The maximum atomic E-state index is 13.0. The number of amides is 1. The van der Waals surface area contributed by atoms with Crippen LogP contribution in [0.4, 0.5) is 10.5 Å². The van der Waals surface area contributed by atoms with Crippen LogP contribution in [0.1, 0.15) is 23.1 Å². The minimum Gasteiger partial charge on any atom is -0.445 e. The van der Waals surface area contributed by atoms with E-state index < -0.39 is 37.4 Å². The first-order valence-electron chi connectivity index (χ1n) is 12.8. The van der Waals surface area contributed by atoms with E-state index in [2.05, 4.69) is 0 Å². The molecule has 0 radical (unpaired) electrons. The highest BCUT2D eigenvalue weighted by molar-refractivity contribution is 7.86. The Morgan fingerprint density at radius 2 is 1.36 bits per heavy atom. The lowest BCUT2D eigenvalue weighted by atomic mass is 9.99. The lowest BCUT2D eigenvalue weighted by Gasteiger charge is -2.24. The van der Waals surface area contributed by atoms with Gasteiger partial charge in [-0.25, -0.2) is 4.79 Å². The number of benzene rings is 3. The second kappa shape index (κ2) is 13.0. The molecular formula is C28H30N2O10S2. The van der Waals surface area contributed by atoms with Crippen LogP contribution in [0.2, 0.25) is 0 Å². The summed E-state index contributed by atoms with van der Waals surface area (Å²) in [6.45, 7) is -0.119. The number of likely N-dealkylation sites (tertiary alicyclic amines) is 1. The monoisotopic (exact) mass is 618 g/mol.